The third kappa shape index (κ3) is 3.57. The maximum atomic E-state index is 11.6. The molecule has 0 aliphatic rings. The number of amides is 1. The van der Waals surface area contributed by atoms with Crippen LogP contribution in [0.15, 0.2) is 16.5 Å². The monoisotopic (exact) mass is 257 g/mol. The lowest BCUT2D eigenvalue weighted by molar-refractivity contribution is -0.155. The molecule has 0 aliphatic heterocycles. The summed E-state index contributed by atoms with van der Waals surface area (Å²) in [6.07, 6.45) is 0. The van der Waals surface area contributed by atoms with Crippen LogP contribution < -0.4 is 5.32 Å². The lowest BCUT2D eigenvalue weighted by atomic mass is 10.1. The fraction of sp³-hybridized carbons (Fsp3) is 0.455. The van der Waals surface area contributed by atoms with Gasteiger partial charge >= 0.3 is 5.97 Å². The highest BCUT2D eigenvalue weighted by atomic mass is 16.5. The third-order valence-corrected chi connectivity index (χ3v) is 2.23. The molecule has 0 saturated heterocycles. The Labute approximate surface area is 103 Å². The molecule has 1 aromatic rings. The number of carboxylic acids is 1. The number of hydrogen-bond donors (Lipinski definition) is 3. The largest absolute Gasteiger partial charge is 0.479 e. The van der Waals surface area contributed by atoms with E-state index in [4.69, 9.17) is 14.3 Å². The molecule has 0 saturated carbocycles. The van der Waals surface area contributed by atoms with Crippen molar-refractivity contribution in [1.29, 1.82) is 0 Å². The topological polar surface area (TPSA) is 109 Å². The molecule has 100 valence electrons. The maximum absolute atomic E-state index is 11.6. The van der Waals surface area contributed by atoms with Gasteiger partial charge in [-0.3, -0.25) is 4.79 Å². The Hall–Kier alpha value is -1.86. The van der Waals surface area contributed by atoms with E-state index in [0.29, 0.717) is 5.76 Å². The number of aliphatic carboxylic acids is 1. The molecule has 0 bridgehead atoms. The quantitative estimate of drug-likeness (QED) is 0.661. The molecular formula is C11H15NO6. The molecule has 0 fully saturated rings. The van der Waals surface area contributed by atoms with Crippen LogP contribution in [0.2, 0.25) is 0 Å². The van der Waals surface area contributed by atoms with Crippen LogP contribution in [0.25, 0.3) is 0 Å². The van der Waals surface area contributed by atoms with E-state index in [1.807, 2.05) is 0 Å². The maximum Gasteiger partial charge on any atom is 0.337 e. The number of carbonyl (C=O) groups excluding carboxylic acids is 1. The highest BCUT2D eigenvalue weighted by Gasteiger charge is 2.30. The van der Waals surface area contributed by atoms with Crippen LogP contribution in [-0.4, -0.2) is 41.3 Å². The standard InChI is InChI=1S/C11H15NO6/c1-11(16,10(14)15)6-12-9(13)8-4-3-7(18-8)5-17-2/h3-4,16H,5-6H2,1-2H3,(H,12,13)(H,14,15). The van der Waals surface area contributed by atoms with Gasteiger partial charge in [0, 0.05) is 7.11 Å². The molecule has 3 N–H and O–H groups in total. The molecule has 1 heterocycles. The molecule has 0 aliphatic carbocycles. The lowest BCUT2D eigenvalue weighted by Gasteiger charge is -2.17. The van der Waals surface area contributed by atoms with Gasteiger partial charge in [-0.2, -0.15) is 0 Å². The van der Waals surface area contributed by atoms with Gasteiger partial charge in [-0.15, -0.1) is 0 Å². The molecule has 0 aromatic carbocycles. The summed E-state index contributed by atoms with van der Waals surface area (Å²) >= 11 is 0. The normalized spacial score (nSPS) is 13.9. The van der Waals surface area contributed by atoms with Crippen LogP contribution in [0.4, 0.5) is 0 Å². The number of hydrogen-bond acceptors (Lipinski definition) is 5. The Morgan fingerprint density at radius 1 is 1.50 bits per heavy atom. The summed E-state index contributed by atoms with van der Waals surface area (Å²) in [6.45, 7) is 0.912. The summed E-state index contributed by atoms with van der Waals surface area (Å²) in [4.78, 5) is 22.2. The van der Waals surface area contributed by atoms with Crippen LogP contribution in [0.3, 0.4) is 0 Å². The first kappa shape index (κ1) is 14.2. The van der Waals surface area contributed by atoms with Crippen LogP contribution in [0.5, 0.6) is 0 Å². The van der Waals surface area contributed by atoms with Gasteiger partial charge in [0.05, 0.1) is 6.54 Å². The Morgan fingerprint density at radius 3 is 2.72 bits per heavy atom. The number of methoxy groups -OCH3 is 1. The number of carbonyl (C=O) groups is 2. The minimum Gasteiger partial charge on any atom is -0.479 e. The molecule has 1 aromatic heterocycles. The van der Waals surface area contributed by atoms with Gasteiger partial charge in [-0.25, -0.2) is 4.79 Å². The molecule has 18 heavy (non-hydrogen) atoms. The second-order valence-electron chi connectivity index (χ2n) is 3.96. The first-order valence-corrected chi connectivity index (χ1v) is 5.18. The third-order valence-electron chi connectivity index (χ3n) is 2.23. The Kier molecular flexibility index (Phi) is 4.46. The van der Waals surface area contributed by atoms with Crippen LogP contribution in [0.1, 0.15) is 23.2 Å². The van der Waals surface area contributed by atoms with Crippen LogP contribution in [0, 0.1) is 0 Å². The summed E-state index contributed by atoms with van der Waals surface area (Å²) in [6, 6.07) is 3.02. The van der Waals surface area contributed by atoms with Crippen molar-refractivity contribution in [3.63, 3.8) is 0 Å². The number of furan rings is 1. The van der Waals surface area contributed by atoms with E-state index in [9.17, 15) is 14.7 Å². The zero-order chi connectivity index (χ0) is 13.8. The van der Waals surface area contributed by atoms with Gasteiger partial charge < -0.3 is 24.7 Å². The second kappa shape index (κ2) is 5.65. The van der Waals surface area contributed by atoms with E-state index < -0.39 is 24.0 Å². The van der Waals surface area contributed by atoms with Crippen molar-refractivity contribution in [2.24, 2.45) is 0 Å². The number of ether oxygens (including phenoxy) is 1. The van der Waals surface area contributed by atoms with Crippen molar-refractivity contribution in [3.8, 4) is 0 Å². The summed E-state index contributed by atoms with van der Waals surface area (Å²) in [5.41, 5.74) is -2.02. The van der Waals surface area contributed by atoms with E-state index in [2.05, 4.69) is 5.32 Å². The number of rotatable bonds is 6. The highest BCUT2D eigenvalue weighted by Crippen LogP contribution is 2.09. The molecule has 1 amide bonds. The van der Waals surface area contributed by atoms with E-state index in [0.717, 1.165) is 6.92 Å². The van der Waals surface area contributed by atoms with Crippen molar-refractivity contribution in [3.05, 3.63) is 23.7 Å². The summed E-state index contributed by atoms with van der Waals surface area (Å²) < 4.78 is 9.97. The van der Waals surface area contributed by atoms with Crippen LogP contribution in [-0.2, 0) is 16.1 Å². The van der Waals surface area contributed by atoms with Crippen LogP contribution >= 0.6 is 0 Å². The lowest BCUT2D eigenvalue weighted by Crippen LogP contribution is -2.46. The average Bonchev–Trinajstić information content (AvgIpc) is 2.75. The molecule has 0 spiro atoms. The minimum absolute atomic E-state index is 0.0308. The first-order chi connectivity index (χ1) is 8.36. The van der Waals surface area contributed by atoms with E-state index in [1.165, 1.54) is 13.2 Å². The van der Waals surface area contributed by atoms with Gasteiger partial charge in [0.1, 0.15) is 12.4 Å². The zero-order valence-corrected chi connectivity index (χ0v) is 10.1. The second-order valence-corrected chi connectivity index (χ2v) is 3.96. The van der Waals surface area contributed by atoms with Crippen molar-refractivity contribution in [2.75, 3.05) is 13.7 Å². The first-order valence-electron chi connectivity index (χ1n) is 5.18. The predicted molar refractivity (Wildman–Crippen MR) is 60.0 cm³/mol. The predicted octanol–water partition coefficient (Wildman–Crippen LogP) is -0.00860. The number of carboxylic acid groups (broad SMARTS) is 1. The fourth-order valence-corrected chi connectivity index (χ4v) is 1.13. The van der Waals surface area contributed by atoms with Gasteiger partial charge in [-0.05, 0) is 19.1 Å². The highest BCUT2D eigenvalue weighted by molar-refractivity contribution is 5.92. The molecule has 7 nitrogen and oxygen atoms in total. The van der Waals surface area contributed by atoms with Gasteiger partial charge in [0.15, 0.2) is 11.4 Å². The Balaban J connectivity index is 2.57. The Bertz CT molecular complexity index is 436. The van der Waals surface area contributed by atoms with E-state index >= 15 is 0 Å². The molecule has 0 radical (unpaired) electrons. The van der Waals surface area contributed by atoms with Crippen molar-refractivity contribution >= 4 is 11.9 Å². The number of aliphatic hydroxyl groups is 1. The van der Waals surface area contributed by atoms with E-state index in [1.54, 1.807) is 6.07 Å². The molecule has 7 heteroatoms. The van der Waals surface area contributed by atoms with Crippen molar-refractivity contribution in [1.82, 2.24) is 5.32 Å². The number of nitrogens with one attached hydrogen (secondary N) is 1. The Morgan fingerprint density at radius 2 is 2.17 bits per heavy atom. The van der Waals surface area contributed by atoms with Gasteiger partial charge in [0.2, 0.25) is 0 Å². The van der Waals surface area contributed by atoms with Gasteiger partial charge in [-0.1, -0.05) is 0 Å². The minimum atomic E-state index is -2.02. The molecule has 1 unspecified atom stereocenters. The van der Waals surface area contributed by atoms with Crippen molar-refractivity contribution < 1.29 is 29.0 Å². The SMILES string of the molecule is COCc1ccc(C(=O)NCC(C)(O)C(=O)O)o1. The van der Waals surface area contributed by atoms with E-state index in [-0.39, 0.29) is 12.4 Å². The van der Waals surface area contributed by atoms with Gasteiger partial charge in [0.25, 0.3) is 5.91 Å². The summed E-state index contributed by atoms with van der Waals surface area (Å²) in [7, 11) is 1.49. The van der Waals surface area contributed by atoms with Crippen molar-refractivity contribution in [2.45, 2.75) is 19.1 Å². The smallest absolute Gasteiger partial charge is 0.337 e. The molecular weight excluding hydrogens is 242 g/mol. The zero-order valence-electron chi connectivity index (χ0n) is 10.1. The summed E-state index contributed by atoms with van der Waals surface area (Å²) in [5.74, 6) is -1.50. The average molecular weight is 257 g/mol. The fourth-order valence-electron chi connectivity index (χ4n) is 1.13. The molecule has 1 rings (SSSR count). The molecule has 1 atom stereocenters. The summed E-state index contributed by atoms with van der Waals surface area (Å²) in [5, 5.41) is 20.3.